The van der Waals surface area contributed by atoms with Crippen molar-refractivity contribution >= 4 is 0 Å². The van der Waals surface area contributed by atoms with Gasteiger partial charge in [0.2, 0.25) is 5.88 Å². The summed E-state index contributed by atoms with van der Waals surface area (Å²) in [6.07, 6.45) is 4.98. The summed E-state index contributed by atoms with van der Waals surface area (Å²) in [5.74, 6) is 1.33. The van der Waals surface area contributed by atoms with E-state index < -0.39 is 0 Å². The van der Waals surface area contributed by atoms with Crippen LogP contribution in [0.2, 0.25) is 0 Å². The number of ether oxygens (including phenoxy) is 1. The van der Waals surface area contributed by atoms with Gasteiger partial charge in [0.25, 0.3) is 0 Å². The van der Waals surface area contributed by atoms with Crippen LogP contribution in [0.4, 0.5) is 0 Å². The quantitative estimate of drug-likeness (QED) is 0.783. The molecule has 1 heterocycles. The van der Waals surface area contributed by atoms with E-state index in [9.17, 15) is 0 Å². The first-order valence-corrected chi connectivity index (χ1v) is 6.23. The molecule has 0 saturated heterocycles. The molecule has 0 radical (unpaired) electrons. The molecule has 0 bridgehead atoms. The lowest BCUT2D eigenvalue weighted by Crippen LogP contribution is -2.24. The molecule has 0 spiro atoms. The highest BCUT2D eigenvalue weighted by atomic mass is 16.5. The SMILES string of the molecule is Cc1cc(C#N)cc(OC2CCCC(C)C2)n1. The lowest BCUT2D eigenvalue weighted by atomic mass is 9.89. The van der Waals surface area contributed by atoms with E-state index in [1.54, 1.807) is 12.1 Å². The van der Waals surface area contributed by atoms with Gasteiger partial charge < -0.3 is 4.74 Å². The number of rotatable bonds is 2. The standard InChI is InChI=1S/C14H18N2O/c1-10-4-3-5-13(6-10)17-14-8-12(9-15)7-11(2)16-14/h7-8,10,13H,3-6H2,1-2H3. The summed E-state index contributed by atoms with van der Waals surface area (Å²) in [6.45, 7) is 4.15. The summed E-state index contributed by atoms with van der Waals surface area (Å²) < 4.78 is 5.89. The predicted molar refractivity (Wildman–Crippen MR) is 65.7 cm³/mol. The lowest BCUT2D eigenvalue weighted by Gasteiger charge is -2.27. The van der Waals surface area contributed by atoms with Crippen LogP contribution >= 0.6 is 0 Å². The van der Waals surface area contributed by atoms with Crippen LogP contribution in [0.1, 0.15) is 43.9 Å². The van der Waals surface area contributed by atoms with Crippen molar-refractivity contribution < 1.29 is 4.74 Å². The fraction of sp³-hybridized carbons (Fsp3) is 0.571. The predicted octanol–water partition coefficient (Wildman–Crippen LogP) is 3.22. The van der Waals surface area contributed by atoms with Crippen molar-refractivity contribution in [3.05, 3.63) is 23.4 Å². The molecule has 1 aromatic heterocycles. The normalized spacial score (nSPS) is 24.1. The van der Waals surface area contributed by atoms with Crippen molar-refractivity contribution in [2.75, 3.05) is 0 Å². The van der Waals surface area contributed by atoms with Gasteiger partial charge >= 0.3 is 0 Å². The highest BCUT2D eigenvalue weighted by molar-refractivity contribution is 5.34. The molecular formula is C14H18N2O. The smallest absolute Gasteiger partial charge is 0.215 e. The zero-order valence-electron chi connectivity index (χ0n) is 10.4. The summed E-state index contributed by atoms with van der Waals surface area (Å²) in [7, 11) is 0. The average molecular weight is 230 g/mol. The Balaban J connectivity index is 2.07. The monoisotopic (exact) mass is 230 g/mol. The first-order valence-electron chi connectivity index (χ1n) is 6.23. The molecule has 0 N–H and O–H groups in total. The molecule has 17 heavy (non-hydrogen) atoms. The molecule has 3 heteroatoms. The second-order valence-corrected chi connectivity index (χ2v) is 4.96. The highest BCUT2D eigenvalue weighted by Gasteiger charge is 2.20. The maximum atomic E-state index is 8.90. The first-order chi connectivity index (χ1) is 8.17. The first kappa shape index (κ1) is 11.9. The Kier molecular flexibility index (Phi) is 3.63. The van der Waals surface area contributed by atoms with E-state index in [1.165, 1.54) is 12.8 Å². The van der Waals surface area contributed by atoms with Gasteiger partial charge in [-0.3, -0.25) is 0 Å². The molecule has 1 aliphatic carbocycles. The summed E-state index contributed by atoms with van der Waals surface area (Å²) in [5, 5.41) is 8.90. The Morgan fingerprint density at radius 1 is 1.41 bits per heavy atom. The van der Waals surface area contributed by atoms with Gasteiger partial charge in [0.15, 0.2) is 0 Å². The Morgan fingerprint density at radius 2 is 2.24 bits per heavy atom. The van der Waals surface area contributed by atoms with E-state index >= 15 is 0 Å². The molecule has 90 valence electrons. The molecule has 0 amide bonds. The van der Waals surface area contributed by atoms with Crippen molar-refractivity contribution in [3.8, 4) is 11.9 Å². The number of aromatic nitrogens is 1. The Morgan fingerprint density at radius 3 is 2.94 bits per heavy atom. The van der Waals surface area contributed by atoms with Gasteiger partial charge in [0, 0.05) is 11.8 Å². The third kappa shape index (κ3) is 3.20. The second kappa shape index (κ2) is 5.18. The largest absolute Gasteiger partial charge is 0.474 e. The van der Waals surface area contributed by atoms with Gasteiger partial charge in [-0.25, -0.2) is 4.98 Å². The minimum Gasteiger partial charge on any atom is -0.474 e. The molecular weight excluding hydrogens is 212 g/mol. The molecule has 1 fully saturated rings. The van der Waals surface area contributed by atoms with Crippen LogP contribution in [0.3, 0.4) is 0 Å². The maximum absolute atomic E-state index is 8.90. The van der Waals surface area contributed by atoms with Gasteiger partial charge in [-0.2, -0.15) is 5.26 Å². The van der Waals surface area contributed by atoms with Crippen molar-refractivity contribution in [2.45, 2.75) is 45.6 Å². The number of pyridine rings is 1. The minimum absolute atomic E-state index is 0.264. The highest BCUT2D eigenvalue weighted by Crippen LogP contribution is 2.27. The summed E-state index contributed by atoms with van der Waals surface area (Å²) in [4.78, 5) is 4.33. The minimum atomic E-state index is 0.264. The van der Waals surface area contributed by atoms with Gasteiger partial charge in [-0.15, -0.1) is 0 Å². The molecule has 1 saturated carbocycles. The lowest BCUT2D eigenvalue weighted by molar-refractivity contribution is 0.124. The van der Waals surface area contributed by atoms with Crippen LogP contribution in [0.15, 0.2) is 12.1 Å². The van der Waals surface area contributed by atoms with Crippen LogP contribution in [0.5, 0.6) is 5.88 Å². The zero-order chi connectivity index (χ0) is 12.3. The molecule has 2 rings (SSSR count). The van der Waals surface area contributed by atoms with Crippen LogP contribution in [-0.4, -0.2) is 11.1 Å². The second-order valence-electron chi connectivity index (χ2n) is 4.96. The molecule has 2 atom stereocenters. The molecule has 1 aromatic rings. The van der Waals surface area contributed by atoms with Gasteiger partial charge in [-0.05, 0) is 38.2 Å². The van der Waals surface area contributed by atoms with E-state index in [4.69, 9.17) is 10.00 Å². The summed E-state index contributed by atoms with van der Waals surface area (Å²) in [6, 6.07) is 5.64. The van der Waals surface area contributed by atoms with Crippen LogP contribution in [0, 0.1) is 24.2 Å². The van der Waals surface area contributed by atoms with Gasteiger partial charge in [-0.1, -0.05) is 13.3 Å². The molecule has 3 nitrogen and oxygen atoms in total. The Bertz CT molecular complexity index is 436. The maximum Gasteiger partial charge on any atom is 0.215 e. The number of nitrogens with zero attached hydrogens (tertiary/aromatic N) is 2. The van der Waals surface area contributed by atoms with Gasteiger partial charge in [0.05, 0.1) is 11.6 Å². The Hall–Kier alpha value is -1.56. The van der Waals surface area contributed by atoms with Crippen molar-refractivity contribution in [1.82, 2.24) is 4.98 Å². The van der Waals surface area contributed by atoms with E-state index in [2.05, 4.69) is 18.0 Å². The molecule has 2 unspecified atom stereocenters. The van der Waals surface area contributed by atoms with Crippen molar-refractivity contribution in [1.29, 1.82) is 5.26 Å². The van der Waals surface area contributed by atoms with Crippen LogP contribution in [-0.2, 0) is 0 Å². The van der Waals surface area contributed by atoms with Crippen LogP contribution in [0.25, 0.3) is 0 Å². The molecule has 0 aliphatic heterocycles. The number of nitriles is 1. The third-order valence-electron chi connectivity index (χ3n) is 3.23. The Labute approximate surface area is 102 Å². The van der Waals surface area contributed by atoms with Gasteiger partial charge in [0.1, 0.15) is 6.10 Å². The van der Waals surface area contributed by atoms with E-state index in [0.29, 0.717) is 11.4 Å². The third-order valence-corrected chi connectivity index (χ3v) is 3.23. The number of aryl methyl sites for hydroxylation is 1. The number of hydrogen-bond acceptors (Lipinski definition) is 3. The molecule has 0 aromatic carbocycles. The number of hydrogen-bond donors (Lipinski definition) is 0. The van der Waals surface area contributed by atoms with Crippen LogP contribution < -0.4 is 4.74 Å². The van der Waals surface area contributed by atoms with Crippen molar-refractivity contribution in [2.24, 2.45) is 5.92 Å². The summed E-state index contributed by atoms with van der Waals surface area (Å²) >= 11 is 0. The van der Waals surface area contributed by atoms with E-state index in [1.807, 2.05) is 6.92 Å². The fourth-order valence-corrected chi connectivity index (χ4v) is 2.42. The average Bonchev–Trinajstić information content (AvgIpc) is 2.28. The zero-order valence-corrected chi connectivity index (χ0v) is 10.4. The molecule has 1 aliphatic rings. The topological polar surface area (TPSA) is 45.9 Å². The van der Waals surface area contributed by atoms with E-state index in [-0.39, 0.29) is 6.10 Å². The fourth-order valence-electron chi connectivity index (χ4n) is 2.42. The van der Waals surface area contributed by atoms with Crippen molar-refractivity contribution in [3.63, 3.8) is 0 Å². The summed E-state index contributed by atoms with van der Waals surface area (Å²) in [5.41, 5.74) is 1.46. The van der Waals surface area contributed by atoms with E-state index in [0.717, 1.165) is 24.5 Å².